The van der Waals surface area contributed by atoms with Crippen molar-refractivity contribution in [1.82, 2.24) is 4.98 Å². The predicted molar refractivity (Wildman–Crippen MR) is 171 cm³/mol. The summed E-state index contributed by atoms with van der Waals surface area (Å²) in [5.74, 6) is 0. The Balaban J connectivity index is 1.30. The van der Waals surface area contributed by atoms with Crippen molar-refractivity contribution >= 4 is 65.9 Å². The Hall–Kier alpha value is -5.15. The van der Waals surface area contributed by atoms with Gasteiger partial charge >= 0.3 is 0 Å². The standard InChI is InChI=1S/C37H27N3/c1-24(38-36-20-9-15-30-21-26-11-3-4-12-27(26)23-33(30)36)34-18-10-19-35(40-34)25(2)39-37-31-16-7-5-13-28(31)22-29-14-6-8-17-32(29)37/h3-23H,1-2H3. The molecule has 0 spiro atoms. The molecule has 190 valence electrons. The van der Waals surface area contributed by atoms with Gasteiger partial charge < -0.3 is 0 Å². The van der Waals surface area contributed by atoms with Crippen molar-refractivity contribution in [2.75, 3.05) is 0 Å². The average molecular weight is 514 g/mol. The molecule has 7 rings (SSSR count). The molecule has 0 amide bonds. The van der Waals surface area contributed by atoms with Crippen LogP contribution in [0.2, 0.25) is 0 Å². The average Bonchev–Trinajstić information content (AvgIpc) is 3.00. The third-order valence-electron chi connectivity index (χ3n) is 7.52. The van der Waals surface area contributed by atoms with E-state index in [0.29, 0.717) is 0 Å². The van der Waals surface area contributed by atoms with E-state index >= 15 is 0 Å². The number of nitrogens with zero attached hydrogens (tertiary/aromatic N) is 3. The number of rotatable bonds is 4. The van der Waals surface area contributed by atoms with Gasteiger partial charge in [-0.15, -0.1) is 0 Å². The van der Waals surface area contributed by atoms with Crippen LogP contribution in [0.1, 0.15) is 25.2 Å². The van der Waals surface area contributed by atoms with Gasteiger partial charge in [-0.25, -0.2) is 4.98 Å². The van der Waals surface area contributed by atoms with E-state index < -0.39 is 0 Å². The highest BCUT2D eigenvalue weighted by molar-refractivity contribution is 6.13. The summed E-state index contributed by atoms with van der Waals surface area (Å²) >= 11 is 0. The predicted octanol–water partition coefficient (Wildman–Crippen LogP) is 9.98. The molecule has 0 aliphatic rings. The smallest absolute Gasteiger partial charge is 0.0849 e. The summed E-state index contributed by atoms with van der Waals surface area (Å²) in [6, 6.07) is 44.3. The molecular weight excluding hydrogens is 486 g/mol. The van der Waals surface area contributed by atoms with Gasteiger partial charge in [-0.3, -0.25) is 9.98 Å². The van der Waals surface area contributed by atoms with Crippen molar-refractivity contribution in [3.05, 3.63) is 139 Å². The highest BCUT2D eigenvalue weighted by Gasteiger charge is 2.10. The van der Waals surface area contributed by atoms with E-state index in [0.717, 1.165) is 50.3 Å². The van der Waals surface area contributed by atoms with Crippen molar-refractivity contribution < 1.29 is 0 Å². The zero-order chi connectivity index (χ0) is 27.1. The topological polar surface area (TPSA) is 37.6 Å². The molecule has 1 aromatic heterocycles. The third kappa shape index (κ3) is 4.32. The Kier molecular flexibility index (Phi) is 5.90. The number of aromatic nitrogens is 1. The van der Waals surface area contributed by atoms with Crippen molar-refractivity contribution in [3.63, 3.8) is 0 Å². The first-order valence-corrected chi connectivity index (χ1v) is 13.5. The monoisotopic (exact) mass is 513 g/mol. The maximum atomic E-state index is 5.15. The molecule has 3 heteroatoms. The first-order valence-electron chi connectivity index (χ1n) is 13.5. The molecule has 3 nitrogen and oxygen atoms in total. The number of hydrogen-bond donors (Lipinski definition) is 0. The Morgan fingerprint density at radius 1 is 0.450 bits per heavy atom. The molecule has 40 heavy (non-hydrogen) atoms. The summed E-state index contributed by atoms with van der Waals surface area (Å²) in [7, 11) is 0. The lowest BCUT2D eigenvalue weighted by Crippen LogP contribution is -2.05. The number of fused-ring (bicyclic) bond motifs is 4. The molecule has 0 atom stereocenters. The van der Waals surface area contributed by atoms with Crippen LogP contribution in [-0.4, -0.2) is 16.4 Å². The molecule has 1 heterocycles. The van der Waals surface area contributed by atoms with Crippen LogP contribution in [0.25, 0.3) is 43.1 Å². The summed E-state index contributed by atoms with van der Waals surface area (Å²) in [6.45, 7) is 4.06. The third-order valence-corrected chi connectivity index (χ3v) is 7.52. The molecule has 0 saturated heterocycles. The molecule has 0 aliphatic carbocycles. The fourth-order valence-corrected chi connectivity index (χ4v) is 5.46. The number of pyridine rings is 1. The lowest BCUT2D eigenvalue weighted by molar-refractivity contribution is 1.24. The van der Waals surface area contributed by atoms with E-state index in [4.69, 9.17) is 15.0 Å². The molecule has 0 bridgehead atoms. The van der Waals surface area contributed by atoms with Gasteiger partial charge in [0.05, 0.1) is 34.2 Å². The molecule has 0 fully saturated rings. The maximum absolute atomic E-state index is 5.15. The highest BCUT2D eigenvalue weighted by Crippen LogP contribution is 2.35. The van der Waals surface area contributed by atoms with Crippen molar-refractivity contribution in [3.8, 4) is 0 Å². The summed E-state index contributed by atoms with van der Waals surface area (Å²) in [5.41, 5.74) is 5.34. The molecular formula is C37H27N3. The number of hydrogen-bond acceptors (Lipinski definition) is 3. The molecule has 0 aliphatic heterocycles. The van der Waals surface area contributed by atoms with E-state index in [1.165, 1.54) is 26.9 Å². The van der Waals surface area contributed by atoms with Gasteiger partial charge in [0, 0.05) is 16.2 Å². The van der Waals surface area contributed by atoms with Gasteiger partial charge in [-0.1, -0.05) is 91.0 Å². The second-order valence-corrected chi connectivity index (χ2v) is 10.2. The largest absolute Gasteiger partial charge is 0.251 e. The van der Waals surface area contributed by atoms with Crippen LogP contribution in [-0.2, 0) is 0 Å². The molecule has 0 saturated carbocycles. The zero-order valence-electron chi connectivity index (χ0n) is 22.5. The Morgan fingerprint density at radius 2 is 0.925 bits per heavy atom. The van der Waals surface area contributed by atoms with Crippen LogP contribution in [0, 0.1) is 0 Å². The Bertz CT molecular complexity index is 2080. The maximum Gasteiger partial charge on any atom is 0.0849 e. The van der Waals surface area contributed by atoms with Crippen molar-refractivity contribution in [2.24, 2.45) is 9.98 Å². The van der Waals surface area contributed by atoms with E-state index in [2.05, 4.69) is 109 Å². The second-order valence-electron chi connectivity index (χ2n) is 10.2. The van der Waals surface area contributed by atoms with Gasteiger partial charge in [0.15, 0.2) is 0 Å². The van der Waals surface area contributed by atoms with Gasteiger partial charge in [-0.05, 0) is 77.2 Å². The number of aliphatic imine (C=N–C) groups is 2. The second kappa shape index (κ2) is 9.87. The summed E-state index contributed by atoms with van der Waals surface area (Å²) in [6.07, 6.45) is 0. The molecule has 6 aromatic carbocycles. The lowest BCUT2D eigenvalue weighted by Gasteiger charge is -2.10. The fourth-order valence-electron chi connectivity index (χ4n) is 5.46. The van der Waals surface area contributed by atoms with Crippen LogP contribution in [0.5, 0.6) is 0 Å². The first-order chi connectivity index (χ1) is 19.6. The summed E-state index contributed by atoms with van der Waals surface area (Å²) in [4.78, 5) is 15.2. The number of benzene rings is 6. The highest BCUT2D eigenvalue weighted by atomic mass is 14.8. The Labute approximate surface area is 233 Å². The van der Waals surface area contributed by atoms with Crippen LogP contribution < -0.4 is 0 Å². The van der Waals surface area contributed by atoms with Crippen LogP contribution in [0.3, 0.4) is 0 Å². The minimum absolute atomic E-state index is 0.840. The minimum atomic E-state index is 0.840. The van der Waals surface area contributed by atoms with Crippen LogP contribution in [0.4, 0.5) is 11.4 Å². The van der Waals surface area contributed by atoms with Crippen LogP contribution >= 0.6 is 0 Å². The van der Waals surface area contributed by atoms with E-state index in [-0.39, 0.29) is 0 Å². The van der Waals surface area contributed by atoms with E-state index in [9.17, 15) is 0 Å². The van der Waals surface area contributed by atoms with Gasteiger partial charge in [0.1, 0.15) is 0 Å². The minimum Gasteiger partial charge on any atom is -0.251 e. The normalized spacial score (nSPS) is 12.6. The first kappa shape index (κ1) is 23.9. The SMILES string of the molecule is CC(=Nc1cccc2cc3ccccc3cc12)c1cccc(C(C)=Nc2c3ccccc3cc3ccccc23)n1. The van der Waals surface area contributed by atoms with Crippen molar-refractivity contribution in [2.45, 2.75) is 13.8 Å². The molecule has 0 unspecified atom stereocenters. The van der Waals surface area contributed by atoms with Gasteiger partial charge in [0.25, 0.3) is 0 Å². The quantitative estimate of drug-likeness (QED) is 0.170. The summed E-state index contributed by atoms with van der Waals surface area (Å²) < 4.78 is 0. The van der Waals surface area contributed by atoms with Gasteiger partial charge in [-0.2, -0.15) is 0 Å². The molecule has 7 aromatic rings. The zero-order valence-corrected chi connectivity index (χ0v) is 22.5. The Morgan fingerprint density at radius 3 is 1.60 bits per heavy atom. The lowest BCUT2D eigenvalue weighted by atomic mass is 10.0. The van der Waals surface area contributed by atoms with Crippen LogP contribution in [0.15, 0.2) is 137 Å². The van der Waals surface area contributed by atoms with Crippen molar-refractivity contribution in [1.29, 1.82) is 0 Å². The van der Waals surface area contributed by atoms with Gasteiger partial charge in [0.2, 0.25) is 0 Å². The molecule has 0 N–H and O–H groups in total. The van der Waals surface area contributed by atoms with E-state index in [1.54, 1.807) is 0 Å². The van der Waals surface area contributed by atoms with E-state index in [1.807, 2.05) is 32.0 Å². The molecule has 0 radical (unpaired) electrons. The fraction of sp³-hybridized carbons (Fsp3) is 0.0541. The summed E-state index contributed by atoms with van der Waals surface area (Å²) in [5, 5.41) is 9.40.